The molecule has 3 N–H and O–H groups in total. The Kier molecular flexibility index (Phi) is 7.81. The van der Waals surface area contributed by atoms with Gasteiger partial charge < -0.3 is 10.2 Å². The Hall–Kier alpha value is -2.71. The van der Waals surface area contributed by atoms with E-state index in [1.54, 1.807) is 36.4 Å². The summed E-state index contributed by atoms with van der Waals surface area (Å²) in [5.41, 5.74) is 1.41. The number of aliphatic hydroxyl groups is 1. The number of aliphatic hydroxyl groups excluding tert-OH is 1. The number of amides is 3. The first kappa shape index (κ1) is 23.0. The van der Waals surface area contributed by atoms with Crippen molar-refractivity contribution in [1.82, 2.24) is 5.32 Å². The highest BCUT2D eigenvalue weighted by atomic mass is 32.1. The highest BCUT2D eigenvalue weighted by Crippen LogP contribution is 2.28. The number of hydrogen-bond donors (Lipinski definition) is 3. The normalized spacial score (nSPS) is 17.1. The van der Waals surface area contributed by atoms with Crippen LogP contribution in [0, 0.1) is 0 Å². The molecule has 0 spiro atoms. The molecule has 1 aromatic heterocycles. The van der Waals surface area contributed by atoms with Gasteiger partial charge in [0.2, 0.25) is 0 Å². The van der Waals surface area contributed by atoms with Crippen LogP contribution in [0.3, 0.4) is 0 Å². The Morgan fingerprint density at radius 3 is 2.52 bits per heavy atom. The maximum atomic E-state index is 12.4. The van der Waals surface area contributed by atoms with Gasteiger partial charge in [0.05, 0.1) is 6.10 Å². The third-order valence-electron chi connectivity index (χ3n) is 5.47. The number of carbonyl (C=O) groups is 3. The topological polar surface area (TPSA) is 107 Å². The van der Waals surface area contributed by atoms with Crippen LogP contribution in [0.1, 0.15) is 71.7 Å². The zero-order valence-corrected chi connectivity index (χ0v) is 18.4. The summed E-state index contributed by atoms with van der Waals surface area (Å²) in [5, 5.41) is 21.7. The molecule has 166 valence electrons. The Balaban J connectivity index is 1.62. The minimum atomic E-state index is -0.942. The lowest BCUT2D eigenvalue weighted by Crippen LogP contribution is -2.35. The molecule has 0 unspecified atom stereocenters. The fourth-order valence-corrected chi connectivity index (χ4v) is 4.66. The Labute approximate surface area is 185 Å². The molecule has 7 nitrogen and oxygen atoms in total. The molecule has 1 aliphatic rings. The Morgan fingerprint density at radius 2 is 1.87 bits per heavy atom. The molecule has 2 aromatic rings. The molecule has 8 heteroatoms. The van der Waals surface area contributed by atoms with E-state index in [-0.39, 0.29) is 5.91 Å². The number of carboxylic acids is 1. The van der Waals surface area contributed by atoms with E-state index >= 15 is 0 Å². The van der Waals surface area contributed by atoms with Gasteiger partial charge in [0.1, 0.15) is 10.9 Å². The van der Waals surface area contributed by atoms with E-state index in [0.717, 1.165) is 29.7 Å². The second kappa shape index (κ2) is 10.5. The number of benzene rings is 1. The quantitative estimate of drug-likeness (QED) is 0.349. The number of carboxylic acid groups (broad SMARTS) is 1. The molecule has 3 amide bonds. The number of carbonyl (C=O) groups excluding carboxylic acids is 2. The van der Waals surface area contributed by atoms with Crippen LogP contribution in [0.2, 0.25) is 0 Å². The summed E-state index contributed by atoms with van der Waals surface area (Å²) in [4.78, 5) is 38.4. The molecule has 3 rings (SSSR count). The highest BCUT2D eigenvalue weighted by molar-refractivity contribution is 7.13. The maximum Gasteiger partial charge on any atom is 0.345 e. The molecule has 31 heavy (non-hydrogen) atoms. The Morgan fingerprint density at radius 1 is 1.13 bits per heavy atom. The molecule has 0 radical (unpaired) electrons. The van der Waals surface area contributed by atoms with Gasteiger partial charge in [0.15, 0.2) is 0 Å². The zero-order valence-electron chi connectivity index (χ0n) is 17.5. The van der Waals surface area contributed by atoms with Crippen molar-refractivity contribution in [2.75, 3.05) is 4.90 Å². The molecule has 1 saturated heterocycles. The summed E-state index contributed by atoms with van der Waals surface area (Å²) in [6.45, 7) is 2.12. The Bertz CT molecular complexity index is 924. The molecule has 2 atom stereocenters. The average Bonchev–Trinajstić information content (AvgIpc) is 3.33. The number of urea groups is 1. The predicted molar refractivity (Wildman–Crippen MR) is 120 cm³/mol. The average molecular weight is 445 g/mol. The van der Waals surface area contributed by atoms with E-state index in [1.165, 1.54) is 16.2 Å². The van der Waals surface area contributed by atoms with Crippen LogP contribution in [-0.4, -0.2) is 34.2 Å². The molecule has 1 aliphatic heterocycles. The predicted octanol–water partition coefficient (Wildman–Crippen LogP) is 4.51. The first-order valence-electron chi connectivity index (χ1n) is 10.6. The van der Waals surface area contributed by atoms with Crippen LogP contribution in [0.5, 0.6) is 0 Å². The molecular weight excluding hydrogens is 416 g/mol. The molecule has 0 saturated carbocycles. The summed E-state index contributed by atoms with van der Waals surface area (Å²) < 4.78 is 0. The van der Waals surface area contributed by atoms with E-state index in [1.807, 2.05) is 0 Å². The van der Waals surface area contributed by atoms with Gasteiger partial charge in [-0.1, -0.05) is 38.3 Å². The molecule has 0 bridgehead atoms. The van der Waals surface area contributed by atoms with Gasteiger partial charge >= 0.3 is 12.0 Å². The summed E-state index contributed by atoms with van der Waals surface area (Å²) in [5.74, 6) is -1.27. The van der Waals surface area contributed by atoms with E-state index in [2.05, 4.69) is 12.2 Å². The third kappa shape index (κ3) is 5.71. The van der Waals surface area contributed by atoms with E-state index in [0.29, 0.717) is 36.2 Å². The van der Waals surface area contributed by atoms with Crippen molar-refractivity contribution >= 4 is 34.9 Å². The van der Waals surface area contributed by atoms with Gasteiger partial charge in [0, 0.05) is 10.6 Å². The second-order valence-electron chi connectivity index (χ2n) is 7.75. The number of nitrogens with zero attached hydrogens (tertiary/aromatic N) is 1. The monoisotopic (exact) mass is 444 g/mol. The van der Waals surface area contributed by atoms with Crippen molar-refractivity contribution in [3.63, 3.8) is 0 Å². The number of imide groups is 1. The number of anilines is 1. The van der Waals surface area contributed by atoms with Crippen molar-refractivity contribution in [3.8, 4) is 0 Å². The number of nitrogens with one attached hydrogen (secondary N) is 1. The number of aromatic carboxylic acids is 1. The summed E-state index contributed by atoms with van der Waals surface area (Å²) in [7, 11) is 0. The van der Waals surface area contributed by atoms with Gasteiger partial charge in [-0.3, -0.25) is 15.0 Å². The van der Waals surface area contributed by atoms with Gasteiger partial charge in [-0.05, 0) is 55.5 Å². The second-order valence-corrected chi connectivity index (χ2v) is 8.91. The number of unbranched alkanes of at least 4 members (excludes halogenated alkanes) is 2. The van der Waals surface area contributed by atoms with Crippen molar-refractivity contribution in [2.45, 2.75) is 64.0 Å². The lowest BCUT2D eigenvalue weighted by molar-refractivity contribution is -0.120. The van der Waals surface area contributed by atoms with Gasteiger partial charge in [-0.15, -0.1) is 11.3 Å². The third-order valence-corrected chi connectivity index (χ3v) is 6.61. The van der Waals surface area contributed by atoms with Gasteiger partial charge in [-0.2, -0.15) is 0 Å². The fraction of sp³-hybridized carbons (Fsp3) is 0.435. The van der Waals surface area contributed by atoms with Crippen LogP contribution in [0.15, 0.2) is 36.4 Å². The van der Waals surface area contributed by atoms with E-state index in [4.69, 9.17) is 5.11 Å². The minimum absolute atomic E-state index is 0.294. The lowest BCUT2D eigenvalue weighted by atomic mass is 10.0. The van der Waals surface area contributed by atoms with Gasteiger partial charge in [-0.25, -0.2) is 9.59 Å². The number of hydrogen-bond acceptors (Lipinski definition) is 5. The van der Waals surface area contributed by atoms with Crippen LogP contribution in [0.25, 0.3) is 0 Å². The van der Waals surface area contributed by atoms with Crippen molar-refractivity contribution in [2.24, 2.45) is 0 Å². The SMILES string of the molecule is CCCCC[C@H](O)c1ccc(N2C(=O)NC(=O)[C@H]2CCCc2ccc(C(=O)O)s2)cc1. The van der Waals surface area contributed by atoms with Crippen molar-refractivity contribution < 1.29 is 24.6 Å². The van der Waals surface area contributed by atoms with Crippen LogP contribution >= 0.6 is 11.3 Å². The van der Waals surface area contributed by atoms with Crippen molar-refractivity contribution in [1.29, 1.82) is 0 Å². The van der Waals surface area contributed by atoms with Gasteiger partial charge in [0.25, 0.3) is 5.91 Å². The first-order chi connectivity index (χ1) is 14.9. The maximum absolute atomic E-state index is 12.4. The largest absolute Gasteiger partial charge is 0.477 e. The number of rotatable bonds is 11. The molecule has 2 heterocycles. The smallest absolute Gasteiger partial charge is 0.345 e. The standard InChI is InChI=1S/C23H28N2O5S/c1-2-3-4-8-19(26)15-9-11-16(12-10-15)25-18(21(27)24-23(25)30)7-5-6-17-13-14-20(31-17)22(28)29/h9-14,18-19,26H,2-8H2,1H3,(H,28,29)(H,24,27,30)/t18-,19+/m1/s1. The first-order valence-corrected chi connectivity index (χ1v) is 11.5. The van der Waals surface area contributed by atoms with E-state index < -0.39 is 24.1 Å². The summed E-state index contributed by atoms with van der Waals surface area (Å²) >= 11 is 1.23. The molecular formula is C23H28N2O5S. The van der Waals surface area contributed by atoms with Crippen LogP contribution < -0.4 is 10.2 Å². The summed E-state index contributed by atoms with van der Waals surface area (Å²) in [6, 6.07) is 9.46. The van der Waals surface area contributed by atoms with Crippen LogP contribution in [0.4, 0.5) is 10.5 Å². The van der Waals surface area contributed by atoms with Crippen LogP contribution in [-0.2, 0) is 11.2 Å². The zero-order chi connectivity index (χ0) is 22.4. The highest BCUT2D eigenvalue weighted by Gasteiger charge is 2.38. The lowest BCUT2D eigenvalue weighted by Gasteiger charge is -2.22. The molecule has 0 aliphatic carbocycles. The van der Waals surface area contributed by atoms with E-state index in [9.17, 15) is 19.5 Å². The van der Waals surface area contributed by atoms with Crippen molar-refractivity contribution in [3.05, 3.63) is 51.7 Å². The number of aryl methyl sites for hydroxylation is 1. The molecule has 1 aromatic carbocycles. The minimum Gasteiger partial charge on any atom is -0.477 e. The summed E-state index contributed by atoms with van der Waals surface area (Å²) in [6.07, 6.45) is 5.07. The fourth-order valence-electron chi connectivity index (χ4n) is 3.77. The number of thiophene rings is 1. The molecule has 1 fully saturated rings.